The number of nitrogens with one attached hydrogen (secondary N) is 2. The first-order chi connectivity index (χ1) is 5.77. The van der Waals surface area contributed by atoms with Gasteiger partial charge < -0.3 is 15.5 Å². The Morgan fingerprint density at radius 1 is 1.50 bits per heavy atom. The minimum atomic E-state index is -0.814. The fourth-order valence-corrected chi connectivity index (χ4v) is 1.26. The quantitative estimate of drug-likeness (QED) is 0.375. The van der Waals surface area contributed by atoms with Crippen molar-refractivity contribution in [1.82, 2.24) is 15.8 Å². The van der Waals surface area contributed by atoms with E-state index in [4.69, 9.17) is 0 Å². The Morgan fingerprint density at radius 2 is 2.33 bits per heavy atom. The number of allylic oxidation sites excluding steroid dienone is 2. The number of rotatable bonds is 0. The highest BCUT2D eigenvalue weighted by Gasteiger charge is 2.22. The minimum absolute atomic E-state index is 0.000463. The Kier molecular flexibility index (Phi) is 1.67. The summed E-state index contributed by atoms with van der Waals surface area (Å²) < 4.78 is 0. The third-order valence-corrected chi connectivity index (χ3v) is 1.94. The predicted octanol–water partition coefficient (Wildman–Crippen LogP) is -0.988. The lowest BCUT2D eigenvalue weighted by atomic mass is 10.3. The molecule has 1 unspecified atom stereocenters. The molecule has 0 aromatic heterocycles. The van der Waals surface area contributed by atoms with Crippen LogP contribution in [0.3, 0.4) is 0 Å². The van der Waals surface area contributed by atoms with Gasteiger partial charge in [0, 0.05) is 0 Å². The van der Waals surface area contributed by atoms with Crippen molar-refractivity contribution in [2.75, 3.05) is 13.2 Å². The molecule has 12 heavy (non-hydrogen) atoms. The summed E-state index contributed by atoms with van der Waals surface area (Å²) in [4.78, 5) is 0. The third kappa shape index (κ3) is 1.13. The maximum absolute atomic E-state index is 9.34. The van der Waals surface area contributed by atoms with E-state index < -0.39 is 6.10 Å². The largest absolute Gasteiger partial charge is 0.509 e. The fraction of sp³-hybridized carbons (Fsp3) is 0.429. The van der Waals surface area contributed by atoms with Gasteiger partial charge in [-0.05, 0) is 12.2 Å². The maximum Gasteiger partial charge on any atom is 0.130 e. The van der Waals surface area contributed by atoms with Gasteiger partial charge in [-0.25, -0.2) is 5.43 Å². The molecule has 0 aliphatic carbocycles. The van der Waals surface area contributed by atoms with Gasteiger partial charge in [0.15, 0.2) is 0 Å². The predicted molar refractivity (Wildman–Crippen MR) is 42.6 cm³/mol. The van der Waals surface area contributed by atoms with E-state index in [-0.39, 0.29) is 5.76 Å². The minimum Gasteiger partial charge on any atom is -0.509 e. The molecule has 0 bridgehead atoms. The van der Waals surface area contributed by atoms with Crippen LogP contribution in [0.5, 0.6) is 0 Å². The first-order valence-corrected chi connectivity index (χ1v) is 3.81. The van der Waals surface area contributed by atoms with Gasteiger partial charge >= 0.3 is 0 Å². The number of nitrogens with zero attached hydrogens (tertiary/aromatic N) is 1. The van der Waals surface area contributed by atoms with Crippen LogP contribution >= 0.6 is 0 Å². The molecule has 2 aliphatic rings. The number of fused-ring (bicyclic) bond motifs is 1. The molecule has 66 valence electrons. The molecule has 1 fully saturated rings. The van der Waals surface area contributed by atoms with Gasteiger partial charge in [-0.2, -0.15) is 0 Å². The van der Waals surface area contributed by atoms with Crippen LogP contribution in [0.15, 0.2) is 23.7 Å². The molecule has 1 saturated heterocycles. The Morgan fingerprint density at radius 3 is 3.17 bits per heavy atom. The van der Waals surface area contributed by atoms with Gasteiger partial charge in [0.05, 0.1) is 13.2 Å². The number of aliphatic hydroxyl groups is 2. The zero-order chi connectivity index (χ0) is 8.55. The summed E-state index contributed by atoms with van der Waals surface area (Å²) in [5.41, 5.74) is 3.00. The zero-order valence-electron chi connectivity index (χ0n) is 6.49. The van der Waals surface area contributed by atoms with Crippen LogP contribution in [0.1, 0.15) is 0 Å². The van der Waals surface area contributed by atoms with E-state index in [9.17, 15) is 10.2 Å². The molecule has 0 spiro atoms. The molecule has 1 atom stereocenters. The van der Waals surface area contributed by atoms with Crippen molar-refractivity contribution in [3.05, 3.63) is 23.7 Å². The van der Waals surface area contributed by atoms with Crippen molar-refractivity contribution in [2.45, 2.75) is 6.10 Å². The molecule has 4 N–H and O–H groups in total. The molecular weight excluding hydrogens is 158 g/mol. The summed E-state index contributed by atoms with van der Waals surface area (Å²) in [6, 6.07) is 0. The Labute approximate surface area is 70.0 Å². The lowest BCUT2D eigenvalue weighted by Gasteiger charge is -2.19. The molecule has 5 nitrogen and oxygen atoms in total. The van der Waals surface area contributed by atoms with Crippen molar-refractivity contribution < 1.29 is 10.2 Å². The van der Waals surface area contributed by atoms with Crippen molar-refractivity contribution in [3.63, 3.8) is 0 Å². The van der Waals surface area contributed by atoms with Crippen molar-refractivity contribution in [1.29, 1.82) is 0 Å². The molecule has 0 saturated carbocycles. The highest BCUT2D eigenvalue weighted by molar-refractivity contribution is 5.19. The van der Waals surface area contributed by atoms with Gasteiger partial charge in [0.2, 0.25) is 0 Å². The lowest BCUT2D eigenvalue weighted by Crippen LogP contribution is -2.36. The van der Waals surface area contributed by atoms with Crippen LogP contribution in [0.2, 0.25) is 0 Å². The molecule has 2 aliphatic heterocycles. The molecule has 0 amide bonds. The second-order valence-electron chi connectivity index (χ2n) is 2.78. The van der Waals surface area contributed by atoms with E-state index >= 15 is 0 Å². The van der Waals surface area contributed by atoms with Crippen molar-refractivity contribution >= 4 is 0 Å². The molecule has 0 aromatic carbocycles. The van der Waals surface area contributed by atoms with Crippen LogP contribution in [0.25, 0.3) is 0 Å². The SMILES string of the molecule is OC1=CC=C2NCNN2CC1O. The number of hydrogen-bond donors (Lipinski definition) is 4. The summed E-state index contributed by atoms with van der Waals surface area (Å²) in [6.45, 7) is 1.02. The van der Waals surface area contributed by atoms with E-state index in [0.717, 1.165) is 5.82 Å². The van der Waals surface area contributed by atoms with E-state index in [1.54, 1.807) is 11.1 Å². The summed E-state index contributed by atoms with van der Waals surface area (Å²) in [7, 11) is 0. The Hall–Kier alpha value is -1.20. The molecule has 0 radical (unpaired) electrons. The average molecular weight is 169 g/mol. The van der Waals surface area contributed by atoms with E-state index in [1.807, 2.05) is 0 Å². The zero-order valence-corrected chi connectivity index (χ0v) is 6.49. The molecular formula is C7H11N3O2. The van der Waals surface area contributed by atoms with Crippen molar-refractivity contribution in [3.8, 4) is 0 Å². The normalized spacial score (nSPS) is 28.4. The second kappa shape index (κ2) is 2.69. The number of hydrazine groups is 1. The standard InChI is InChI=1S/C7H11N3O2/c11-5-1-2-7-8-4-9-10(7)3-6(5)12/h1-2,6,8-9,11-12H,3-4H2. The van der Waals surface area contributed by atoms with Gasteiger partial charge in [-0.1, -0.05) is 0 Å². The lowest BCUT2D eigenvalue weighted by molar-refractivity contribution is 0.109. The highest BCUT2D eigenvalue weighted by Crippen LogP contribution is 2.12. The van der Waals surface area contributed by atoms with Crippen molar-refractivity contribution in [2.24, 2.45) is 0 Å². The molecule has 2 heterocycles. The fourth-order valence-electron chi connectivity index (χ4n) is 1.26. The molecule has 2 rings (SSSR count). The number of aliphatic hydroxyl groups excluding tert-OH is 2. The smallest absolute Gasteiger partial charge is 0.130 e. The van der Waals surface area contributed by atoms with E-state index in [1.165, 1.54) is 6.08 Å². The van der Waals surface area contributed by atoms with Gasteiger partial charge in [-0.3, -0.25) is 5.01 Å². The van der Waals surface area contributed by atoms with Gasteiger partial charge in [0.25, 0.3) is 0 Å². The first kappa shape index (κ1) is 7.45. The average Bonchev–Trinajstić information content (AvgIpc) is 2.43. The topological polar surface area (TPSA) is 67.8 Å². The van der Waals surface area contributed by atoms with Gasteiger partial charge in [-0.15, -0.1) is 0 Å². The summed E-state index contributed by atoms with van der Waals surface area (Å²) in [6.07, 6.45) is 2.41. The Bertz CT molecular complexity index is 249. The highest BCUT2D eigenvalue weighted by atomic mass is 16.3. The molecule has 5 heteroatoms. The maximum atomic E-state index is 9.34. The first-order valence-electron chi connectivity index (χ1n) is 3.81. The summed E-state index contributed by atoms with van der Waals surface area (Å²) >= 11 is 0. The van der Waals surface area contributed by atoms with Crippen LogP contribution in [0, 0.1) is 0 Å². The monoisotopic (exact) mass is 169 g/mol. The van der Waals surface area contributed by atoms with E-state index in [2.05, 4.69) is 10.7 Å². The Balaban J connectivity index is 2.22. The van der Waals surface area contributed by atoms with Crippen LogP contribution < -0.4 is 10.7 Å². The van der Waals surface area contributed by atoms with Gasteiger partial charge in [0.1, 0.15) is 17.7 Å². The second-order valence-corrected chi connectivity index (χ2v) is 2.78. The van der Waals surface area contributed by atoms with Crippen LogP contribution in [0.4, 0.5) is 0 Å². The van der Waals surface area contributed by atoms with Crippen LogP contribution in [-0.4, -0.2) is 34.5 Å². The summed E-state index contributed by atoms with van der Waals surface area (Å²) in [5.74, 6) is 0.874. The number of hydrogen-bond acceptors (Lipinski definition) is 5. The third-order valence-electron chi connectivity index (χ3n) is 1.94. The van der Waals surface area contributed by atoms with Crippen LogP contribution in [-0.2, 0) is 0 Å². The van der Waals surface area contributed by atoms with E-state index in [0.29, 0.717) is 13.2 Å². The summed E-state index contributed by atoms with van der Waals surface area (Å²) in [5, 5.41) is 23.4. The molecule has 0 aromatic rings.